The van der Waals surface area contributed by atoms with Gasteiger partial charge in [0, 0.05) is 5.02 Å². The van der Waals surface area contributed by atoms with Crippen LogP contribution >= 0.6 is 11.6 Å². The van der Waals surface area contributed by atoms with Gasteiger partial charge in [0.15, 0.2) is 0 Å². The average molecular weight is 264 g/mol. The zero-order chi connectivity index (χ0) is 13.1. The highest BCUT2D eigenvalue weighted by Gasteiger charge is 2.06. The zero-order valence-electron chi connectivity index (χ0n) is 9.55. The summed E-state index contributed by atoms with van der Waals surface area (Å²) in [5, 5.41) is 9.30. The molecule has 0 aliphatic carbocycles. The topological polar surface area (TPSA) is 59.4 Å². The van der Waals surface area contributed by atoms with Crippen molar-refractivity contribution < 1.29 is 14.6 Å². The first-order chi connectivity index (χ1) is 8.56. The van der Waals surface area contributed by atoms with E-state index in [-0.39, 0.29) is 5.69 Å². The number of benzene rings is 1. The normalized spacial score (nSPS) is 10.1. The highest BCUT2D eigenvalue weighted by Crippen LogP contribution is 2.27. The smallest absolute Gasteiger partial charge is 0.354 e. The molecule has 4 nitrogen and oxygen atoms in total. The summed E-state index contributed by atoms with van der Waals surface area (Å²) >= 11 is 5.88. The lowest BCUT2D eigenvalue weighted by Gasteiger charge is -2.08. The molecule has 92 valence electrons. The van der Waals surface area contributed by atoms with Crippen molar-refractivity contribution in [2.24, 2.45) is 0 Å². The van der Waals surface area contributed by atoms with Crippen molar-refractivity contribution in [3.63, 3.8) is 0 Å². The van der Waals surface area contributed by atoms with Gasteiger partial charge in [-0.15, -0.1) is 0 Å². The third kappa shape index (κ3) is 2.78. The number of aromatic nitrogens is 1. The first-order valence-corrected chi connectivity index (χ1v) is 5.57. The number of halogens is 1. The van der Waals surface area contributed by atoms with Crippen LogP contribution in [-0.4, -0.2) is 16.1 Å². The number of rotatable bonds is 3. The molecule has 0 saturated carbocycles. The summed E-state index contributed by atoms with van der Waals surface area (Å²) in [5.41, 5.74) is 0.909. The fourth-order valence-corrected chi connectivity index (χ4v) is 1.54. The number of aryl methyl sites for hydroxylation is 1. The summed E-state index contributed by atoms with van der Waals surface area (Å²) in [6.45, 7) is 1.89. The number of hydrogen-bond acceptors (Lipinski definition) is 3. The number of carbonyl (C=O) groups is 1. The van der Waals surface area contributed by atoms with Gasteiger partial charge in [-0.25, -0.2) is 9.78 Å². The average Bonchev–Trinajstić information content (AvgIpc) is 2.34. The Morgan fingerprint density at radius 2 is 2.11 bits per heavy atom. The molecule has 0 saturated heterocycles. The van der Waals surface area contributed by atoms with E-state index in [0.29, 0.717) is 16.5 Å². The van der Waals surface area contributed by atoms with E-state index >= 15 is 0 Å². The molecular weight excluding hydrogens is 254 g/mol. The molecule has 0 aliphatic heterocycles. The number of carboxylic acids is 1. The van der Waals surface area contributed by atoms with Crippen LogP contribution in [0.4, 0.5) is 0 Å². The molecule has 1 N–H and O–H groups in total. The summed E-state index contributed by atoms with van der Waals surface area (Å²) in [4.78, 5) is 14.4. The summed E-state index contributed by atoms with van der Waals surface area (Å²) in [5.74, 6) is 0.0122. The van der Waals surface area contributed by atoms with Gasteiger partial charge < -0.3 is 9.84 Å². The van der Waals surface area contributed by atoms with Gasteiger partial charge in [-0.05, 0) is 36.8 Å². The van der Waals surface area contributed by atoms with E-state index in [1.807, 2.05) is 13.0 Å². The van der Waals surface area contributed by atoms with Crippen LogP contribution in [0.5, 0.6) is 11.5 Å². The Morgan fingerprint density at radius 1 is 1.33 bits per heavy atom. The number of hydrogen-bond donors (Lipinski definition) is 1. The van der Waals surface area contributed by atoms with Crippen LogP contribution in [0.15, 0.2) is 36.5 Å². The van der Waals surface area contributed by atoms with E-state index in [1.54, 1.807) is 18.2 Å². The molecule has 0 unspecified atom stereocenters. The molecule has 2 aromatic rings. The summed E-state index contributed by atoms with van der Waals surface area (Å²) < 4.78 is 5.58. The Balaban J connectivity index is 2.23. The molecule has 0 bridgehead atoms. The van der Waals surface area contributed by atoms with Gasteiger partial charge in [0.1, 0.15) is 17.2 Å². The predicted molar refractivity (Wildman–Crippen MR) is 67.5 cm³/mol. The van der Waals surface area contributed by atoms with Crippen LogP contribution in [0.2, 0.25) is 5.02 Å². The van der Waals surface area contributed by atoms with Crippen molar-refractivity contribution in [1.82, 2.24) is 4.98 Å². The Hall–Kier alpha value is -2.07. The second-order valence-electron chi connectivity index (χ2n) is 3.70. The molecule has 2 rings (SSSR count). The molecule has 5 heteroatoms. The maximum Gasteiger partial charge on any atom is 0.354 e. The standard InChI is InChI=1S/C13H10ClNO3/c1-8-2-3-9(14)6-12(8)18-10-4-5-11(13(16)17)15-7-10/h2-7H,1H3,(H,16,17). The number of carboxylic acid groups (broad SMARTS) is 1. The van der Waals surface area contributed by atoms with E-state index < -0.39 is 5.97 Å². The Morgan fingerprint density at radius 3 is 2.72 bits per heavy atom. The Kier molecular flexibility index (Phi) is 3.48. The van der Waals surface area contributed by atoms with Gasteiger partial charge >= 0.3 is 5.97 Å². The van der Waals surface area contributed by atoms with Gasteiger partial charge in [0.2, 0.25) is 0 Å². The van der Waals surface area contributed by atoms with Gasteiger partial charge in [0.25, 0.3) is 0 Å². The quantitative estimate of drug-likeness (QED) is 0.920. The maximum absolute atomic E-state index is 10.6. The largest absolute Gasteiger partial charge is 0.477 e. The van der Waals surface area contributed by atoms with E-state index in [9.17, 15) is 4.79 Å². The van der Waals surface area contributed by atoms with E-state index in [2.05, 4.69) is 4.98 Å². The van der Waals surface area contributed by atoms with Gasteiger partial charge in [-0.2, -0.15) is 0 Å². The first kappa shape index (κ1) is 12.4. The number of nitrogens with zero attached hydrogens (tertiary/aromatic N) is 1. The second kappa shape index (κ2) is 5.06. The molecule has 0 radical (unpaired) electrons. The molecule has 1 aromatic heterocycles. The number of ether oxygens (including phenoxy) is 1. The molecule has 0 atom stereocenters. The Bertz CT molecular complexity index is 581. The predicted octanol–water partition coefficient (Wildman–Crippen LogP) is 3.53. The van der Waals surface area contributed by atoms with Gasteiger partial charge in [-0.1, -0.05) is 17.7 Å². The van der Waals surface area contributed by atoms with Crippen LogP contribution in [0, 0.1) is 6.92 Å². The molecule has 0 spiro atoms. The minimum atomic E-state index is -1.07. The zero-order valence-corrected chi connectivity index (χ0v) is 10.3. The minimum absolute atomic E-state index is 0.0230. The first-order valence-electron chi connectivity index (χ1n) is 5.19. The van der Waals surface area contributed by atoms with Gasteiger partial charge in [0.05, 0.1) is 6.20 Å². The lowest BCUT2D eigenvalue weighted by atomic mass is 10.2. The molecule has 18 heavy (non-hydrogen) atoms. The highest BCUT2D eigenvalue weighted by atomic mass is 35.5. The summed E-state index contributed by atoms with van der Waals surface area (Å²) in [6.07, 6.45) is 1.36. The lowest BCUT2D eigenvalue weighted by molar-refractivity contribution is 0.0690. The van der Waals surface area contributed by atoms with Crippen LogP contribution < -0.4 is 4.74 Å². The summed E-state index contributed by atoms with van der Waals surface area (Å²) in [7, 11) is 0. The van der Waals surface area contributed by atoms with Crippen LogP contribution in [0.25, 0.3) is 0 Å². The highest BCUT2D eigenvalue weighted by molar-refractivity contribution is 6.30. The fraction of sp³-hybridized carbons (Fsp3) is 0.0769. The second-order valence-corrected chi connectivity index (χ2v) is 4.13. The van der Waals surface area contributed by atoms with E-state index in [1.165, 1.54) is 12.3 Å². The monoisotopic (exact) mass is 263 g/mol. The molecular formula is C13H10ClNO3. The van der Waals surface area contributed by atoms with Crippen LogP contribution in [0.1, 0.15) is 16.1 Å². The SMILES string of the molecule is Cc1ccc(Cl)cc1Oc1ccc(C(=O)O)nc1. The number of pyridine rings is 1. The number of aromatic carboxylic acids is 1. The third-order valence-corrected chi connectivity index (χ3v) is 2.57. The summed E-state index contributed by atoms with van der Waals surface area (Å²) in [6, 6.07) is 8.25. The van der Waals surface area contributed by atoms with Crippen molar-refractivity contribution in [2.45, 2.75) is 6.92 Å². The van der Waals surface area contributed by atoms with Crippen molar-refractivity contribution in [3.8, 4) is 11.5 Å². The lowest BCUT2D eigenvalue weighted by Crippen LogP contribution is -1.99. The van der Waals surface area contributed by atoms with Crippen molar-refractivity contribution in [1.29, 1.82) is 0 Å². The molecule has 0 amide bonds. The molecule has 0 fully saturated rings. The van der Waals surface area contributed by atoms with Crippen molar-refractivity contribution in [3.05, 3.63) is 52.8 Å². The van der Waals surface area contributed by atoms with Crippen molar-refractivity contribution in [2.75, 3.05) is 0 Å². The van der Waals surface area contributed by atoms with E-state index in [4.69, 9.17) is 21.4 Å². The third-order valence-electron chi connectivity index (χ3n) is 2.33. The van der Waals surface area contributed by atoms with E-state index in [0.717, 1.165) is 5.56 Å². The molecule has 1 aromatic carbocycles. The Labute approximate surface area is 109 Å². The minimum Gasteiger partial charge on any atom is -0.477 e. The maximum atomic E-state index is 10.6. The van der Waals surface area contributed by atoms with Crippen molar-refractivity contribution >= 4 is 17.6 Å². The van der Waals surface area contributed by atoms with Crippen LogP contribution in [-0.2, 0) is 0 Å². The van der Waals surface area contributed by atoms with Gasteiger partial charge in [-0.3, -0.25) is 0 Å². The fourth-order valence-electron chi connectivity index (χ4n) is 1.38. The van der Waals surface area contributed by atoms with Crippen LogP contribution in [0.3, 0.4) is 0 Å². The molecule has 1 heterocycles. The molecule has 0 aliphatic rings.